The Balaban J connectivity index is 1.86. The van der Waals surface area contributed by atoms with E-state index in [1.54, 1.807) is 0 Å². The third-order valence-electron chi connectivity index (χ3n) is 3.36. The minimum absolute atomic E-state index is 0.143. The van der Waals surface area contributed by atoms with Crippen molar-refractivity contribution in [2.24, 2.45) is 0 Å². The molecule has 0 atom stereocenters. The zero-order chi connectivity index (χ0) is 14.8. The molecule has 0 spiro atoms. The number of ether oxygens (including phenoxy) is 1. The summed E-state index contributed by atoms with van der Waals surface area (Å²) in [6, 6.07) is 8.07. The van der Waals surface area contributed by atoms with Crippen LogP contribution in [0, 0.1) is 0 Å². The third-order valence-corrected chi connectivity index (χ3v) is 4.51. The van der Waals surface area contributed by atoms with Crippen molar-refractivity contribution in [3.05, 3.63) is 29.1 Å². The van der Waals surface area contributed by atoms with Gasteiger partial charge in [0.05, 0.1) is 19.3 Å². The fourth-order valence-electron chi connectivity index (χ4n) is 2.11. The van der Waals surface area contributed by atoms with Crippen LogP contribution in [0.25, 0.3) is 10.1 Å². The van der Waals surface area contributed by atoms with Crippen molar-refractivity contribution < 1.29 is 14.3 Å². The number of amides is 1. The van der Waals surface area contributed by atoms with Gasteiger partial charge in [-0.2, -0.15) is 0 Å². The van der Waals surface area contributed by atoms with Crippen LogP contribution in [0.15, 0.2) is 24.3 Å². The van der Waals surface area contributed by atoms with Crippen LogP contribution >= 0.6 is 11.3 Å². The van der Waals surface area contributed by atoms with Crippen molar-refractivity contribution in [2.75, 3.05) is 19.0 Å². The Bertz CT molecular complexity index is 691. The number of anilines is 1. The molecule has 1 amide bonds. The highest BCUT2D eigenvalue weighted by Crippen LogP contribution is 2.36. The summed E-state index contributed by atoms with van der Waals surface area (Å²) < 4.78 is 5.75. The highest BCUT2D eigenvalue weighted by molar-refractivity contribution is 7.21. The minimum Gasteiger partial charge on any atom is -0.465 e. The SMILES string of the molecule is COC(=O)c1sc2ccccc2c1NC(=O)CNC1CC1. The second-order valence-corrected chi connectivity index (χ2v) is 6.05. The molecule has 21 heavy (non-hydrogen) atoms. The topological polar surface area (TPSA) is 67.4 Å². The number of fused-ring (bicyclic) bond motifs is 1. The molecular weight excluding hydrogens is 288 g/mol. The van der Waals surface area contributed by atoms with Gasteiger partial charge in [-0.3, -0.25) is 4.79 Å². The van der Waals surface area contributed by atoms with Gasteiger partial charge >= 0.3 is 5.97 Å². The highest BCUT2D eigenvalue weighted by Gasteiger charge is 2.23. The van der Waals surface area contributed by atoms with Crippen LogP contribution in [-0.2, 0) is 9.53 Å². The van der Waals surface area contributed by atoms with Gasteiger partial charge in [0, 0.05) is 16.1 Å². The van der Waals surface area contributed by atoms with Crippen molar-refractivity contribution in [1.29, 1.82) is 0 Å². The summed E-state index contributed by atoms with van der Waals surface area (Å²) >= 11 is 1.33. The first-order chi connectivity index (χ1) is 10.2. The Labute approximate surface area is 126 Å². The van der Waals surface area contributed by atoms with Gasteiger partial charge in [-0.1, -0.05) is 18.2 Å². The first kappa shape index (κ1) is 14.0. The largest absolute Gasteiger partial charge is 0.465 e. The standard InChI is InChI=1S/C15H16N2O3S/c1-20-15(19)14-13(10-4-2-3-5-11(10)21-14)17-12(18)8-16-9-6-7-9/h2-5,9,16H,6-8H2,1H3,(H,17,18). The van der Waals surface area contributed by atoms with Crippen LogP contribution < -0.4 is 10.6 Å². The fraction of sp³-hybridized carbons (Fsp3) is 0.333. The summed E-state index contributed by atoms with van der Waals surface area (Å²) in [6.07, 6.45) is 2.25. The maximum absolute atomic E-state index is 12.0. The van der Waals surface area contributed by atoms with Crippen LogP contribution in [0.1, 0.15) is 22.5 Å². The average molecular weight is 304 g/mol. The van der Waals surface area contributed by atoms with Gasteiger partial charge in [0.1, 0.15) is 4.88 Å². The van der Waals surface area contributed by atoms with E-state index in [0.717, 1.165) is 22.9 Å². The molecule has 1 aromatic heterocycles. The molecule has 1 aliphatic rings. The van der Waals surface area contributed by atoms with Crippen LogP contribution in [0.4, 0.5) is 5.69 Å². The molecule has 1 aliphatic carbocycles. The van der Waals surface area contributed by atoms with Crippen LogP contribution in [0.2, 0.25) is 0 Å². The molecule has 6 heteroatoms. The summed E-state index contributed by atoms with van der Waals surface area (Å²) in [4.78, 5) is 24.3. The number of esters is 1. The van der Waals surface area contributed by atoms with Gasteiger partial charge in [-0.05, 0) is 18.9 Å². The van der Waals surface area contributed by atoms with Gasteiger partial charge in [0.15, 0.2) is 0 Å². The number of benzene rings is 1. The molecule has 0 bridgehead atoms. The Morgan fingerprint density at radius 1 is 1.33 bits per heavy atom. The minimum atomic E-state index is -0.429. The lowest BCUT2D eigenvalue weighted by Crippen LogP contribution is -2.29. The van der Waals surface area contributed by atoms with Gasteiger partial charge < -0.3 is 15.4 Å². The molecule has 1 heterocycles. The molecule has 2 aromatic rings. The molecule has 3 rings (SSSR count). The second-order valence-electron chi connectivity index (χ2n) is 5.00. The monoisotopic (exact) mass is 304 g/mol. The summed E-state index contributed by atoms with van der Waals surface area (Å²) in [5.74, 6) is -0.572. The molecule has 1 fully saturated rings. The number of hydrogen-bond donors (Lipinski definition) is 2. The molecule has 0 radical (unpaired) electrons. The Kier molecular flexibility index (Phi) is 3.90. The van der Waals surface area contributed by atoms with Gasteiger partial charge in [0.2, 0.25) is 5.91 Å². The molecule has 5 nitrogen and oxygen atoms in total. The van der Waals surface area contributed by atoms with E-state index in [1.165, 1.54) is 18.4 Å². The highest BCUT2D eigenvalue weighted by atomic mass is 32.1. The van der Waals surface area contributed by atoms with Crippen LogP contribution in [0.5, 0.6) is 0 Å². The summed E-state index contributed by atoms with van der Waals surface area (Å²) in [5, 5.41) is 6.86. The number of thiophene rings is 1. The third kappa shape index (κ3) is 3.06. The normalized spacial score (nSPS) is 14.1. The van der Waals surface area contributed by atoms with Crippen molar-refractivity contribution in [2.45, 2.75) is 18.9 Å². The van der Waals surface area contributed by atoms with E-state index in [4.69, 9.17) is 4.74 Å². The number of methoxy groups -OCH3 is 1. The molecule has 0 saturated heterocycles. The van der Waals surface area contributed by atoms with E-state index < -0.39 is 5.97 Å². The van der Waals surface area contributed by atoms with E-state index in [0.29, 0.717) is 16.6 Å². The second kappa shape index (κ2) is 5.83. The maximum atomic E-state index is 12.0. The van der Waals surface area contributed by atoms with E-state index >= 15 is 0 Å². The Morgan fingerprint density at radius 2 is 2.10 bits per heavy atom. The lowest BCUT2D eigenvalue weighted by atomic mass is 10.2. The van der Waals surface area contributed by atoms with Gasteiger partial charge in [-0.25, -0.2) is 4.79 Å². The smallest absolute Gasteiger partial charge is 0.350 e. The predicted molar refractivity (Wildman–Crippen MR) is 82.8 cm³/mol. The van der Waals surface area contributed by atoms with E-state index in [9.17, 15) is 9.59 Å². The quantitative estimate of drug-likeness (QED) is 0.832. The van der Waals surface area contributed by atoms with E-state index in [-0.39, 0.29) is 12.5 Å². The molecule has 1 aromatic carbocycles. The lowest BCUT2D eigenvalue weighted by molar-refractivity contribution is -0.115. The molecule has 2 N–H and O–H groups in total. The van der Waals surface area contributed by atoms with Crippen molar-refractivity contribution in [1.82, 2.24) is 5.32 Å². The lowest BCUT2D eigenvalue weighted by Gasteiger charge is -2.07. The van der Waals surface area contributed by atoms with E-state index in [1.807, 2.05) is 24.3 Å². The van der Waals surface area contributed by atoms with Crippen LogP contribution in [0.3, 0.4) is 0 Å². The number of carbonyl (C=O) groups is 2. The van der Waals surface area contributed by atoms with Crippen molar-refractivity contribution in [3.8, 4) is 0 Å². The summed E-state index contributed by atoms with van der Waals surface area (Å²) in [6.45, 7) is 0.259. The number of carbonyl (C=O) groups excluding carboxylic acids is 2. The fourth-order valence-corrected chi connectivity index (χ4v) is 3.19. The van der Waals surface area contributed by atoms with Crippen molar-refractivity contribution in [3.63, 3.8) is 0 Å². The first-order valence-electron chi connectivity index (χ1n) is 6.82. The zero-order valence-corrected chi connectivity index (χ0v) is 12.5. The summed E-state index contributed by atoms with van der Waals surface area (Å²) in [5.41, 5.74) is 0.546. The summed E-state index contributed by atoms with van der Waals surface area (Å²) in [7, 11) is 1.34. The zero-order valence-electron chi connectivity index (χ0n) is 11.6. The predicted octanol–water partition coefficient (Wildman–Crippen LogP) is 2.38. The molecule has 0 aliphatic heterocycles. The van der Waals surface area contributed by atoms with Gasteiger partial charge in [-0.15, -0.1) is 11.3 Å². The van der Waals surface area contributed by atoms with E-state index in [2.05, 4.69) is 10.6 Å². The first-order valence-corrected chi connectivity index (χ1v) is 7.63. The van der Waals surface area contributed by atoms with Crippen molar-refractivity contribution >= 4 is 39.0 Å². The van der Waals surface area contributed by atoms with Crippen LogP contribution in [-0.4, -0.2) is 31.6 Å². The number of nitrogens with one attached hydrogen (secondary N) is 2. The Hall–Kier alpha value is -1.92. The number of hydrogen-bond acceptors (Lipinski definition) is 5. The Morgan fingerprint density at radius 3 is 2.81 bits per heavy atom. The maximum Gasteiger partial charge on any atom is 0.350 e. The molecule has 0 unspecified atom stereocenters. The molecule has 1 saturated carbocycles. The molecule has 110 valence electrons. The average Bonchev–Trinajstić information content (AvgIpc) is 3.27. The number of rotatable bonds is 5. The van der Waals surface area contributed by atoms with Gasteiger partial charge in [0.25, 0.3) is 0 Å². The molecular formula is C15H16N2O3S.